The first-order chi connectivity index (χ1) is 9.78. The van der Waals surface area contributed by atoms with Gasteiger partial charge >= 0.3 is 0 Å². The van der Waals surface area contributed by atoms with Crippen LogP contribution in [0.25, 0.3) is 0 Å². The van der Waals surface area contributed by atoms with Crippen LogP contribution in [0.3, 0.4) is 0 Å². The average Bonchev–Trinajstić information content (AvgIpc) is 2.41. The van der Waals surface area contributed by atoms with Crippen molar-refractivity contribution in [1.29, 1.82) is 0 Å². The van der Waals surface area contributed by atoms with E-state index in [4.69, 9.17) is 17.3 Å². The lowest BCUT2D eigenvalue weighted by atomic mass is 9.83. The minimum absolute atomic E-state index is 0.0401. The number of anilines is 2. The van der Waals surface area contributed by atoms with E-state index in [-0.39, 0.29) is 17.4 Å². The van der Waals surface area contributed by atoms with Gasteiger partial charge in [-0.15, -0.1) is 0 Å². The van der Waals surface area contributed by atoms with Crippen LogP contribution in [0.2, 0.25) is 5.02 Å². The summed E-state index contributed by atoms with van der Waals surface area (Å²) >= 11 is 5.95. The van der Waals surface area contributed by atoms with E-state index >= 15 is 0 Å². The highest BCUT2D eigenvalue weighted by atomic mass is 35.5. The quantitative estimate of drug-likeness (QED) is 0.842. The van der Waals surface area contributed by atoms with Gasteiger partial charge in [0.15, 0.2) is 0 Å². The highest BCUT2D eigenvalue weighted by Crippen LogP contribution is 2.30. The smallest absolute Gasteiger partial charge is 0.241 e. The predicted molar refractivity (Wildman–Crippen MR) is 88.5 cm³/mol. The molecule has 1 aromatic carbocycles. The lowest BCUT2D eigenvalue weighted by molar-refractivity contribution is -0.121. The number of nitrogens with two attached hydrogens (primary N) is 1. The van der Waals surface area contributed by atoms with E-state index in [0.717, 1.165) is 19.5 Å². The molecule has 0 bridgehead atoms. The molecule has 5 heteroatoms. The Morgan fingerprint density at radius 2 is 2.19 bits per heavy atom. The Labute approximate surface area is 131 Å². The van der Waals surface area contributed by atoms with Crippen LogP contribution in [0.5, 0.6) is 0 Å². The monoisotopic (exact) mass is 309 g/mol. The van der Waals surface area contributed by atoms with Gasteiger partial charge in [-0.3, -0.25) is 9.69 Å². The van der Waals surface area contributed by atoms with Gasteiger partial charge in [0.05, 0.1) is 17.4 Å². The molecule has 0 radical (unpaired) electrons. The predicted octanol–water partition coefficient (Wildman–Crippen LogP) is 3.37. The number of likely N-dealkylation sites (tertiary alicyclic amines) is 1. The Kier molecular flexibility index (Phi) is 4.79. The zero-order valence-corrected chi connectivity index (χ0v) is 13.7. The summed E-state index contributed by atoms with van der Waals surface area (Å²) in [6, 6.07) is 4.92. The Morgan fingerprint density at radius 1 is 1.48 bits per heavy atom. The van der Waals surface area contributed by atoms with E-state index in [0.29, 0.717) is 16.4 Å². The molecule has 1 unspecified atom stereocenters. The van der Waals surface area contributed by atoms with Gasteiger partial charge < -0.3 is 11.1 Å². The van der Waals surface area contributed by atoms with Crippen molar-refractivity contribution in [3.05, 3.63) is 23.2 Å². The number of hydrogen-bond acceptors (Lipinski definition) is 3. The minimum Gasteiger partial charge on any atom is -0.397 e. The molecule has 1 fully saturated rings. The van der Waals surface area contributed by atoms with Gasteiger partial charge in [-0.2, -0.15) is 0 Å². The molecule has 0 saturated carbocycles. The second-order valence-electron chi connectivity index (χ2n) is 6.64. The SMILES string of the molecule is CC(C(=O)Nc1cc(Cl)ccc1N)N1CCCC(C)(C)C1. The third-order valence-corrected chi connectivity index (χ3v) is 4.37. The number of rotatable bonds is 3. The van der Waals surface area contributed by atoms with E-state index in [2.05, 4.69) is 24.1 Å². The Bertz CT molecular complexity index is 530. The van der Waals surface area contributed by atoms with Crippen LogP contribution >= 0.6 is 11.6 Å². The molecular formula is C16H24ClN3O. The first-order valence-corrected chi connectivity index (χ1v) is 7.76. The number of halogens is 1. The summed E-state index contributed by atoms with van der Waals surface area (Å²) in [4.78, 5) is 14.7. The Morgan fingerprint density at radius 3 is 2.86 bits per heavy atom. The zero-order chi connectivity index (χ0) is 15.6. The molecule has 2 rings (SSSR count). The molecule has 1 amide bonds. The van der Waals surface area contributed by atoms with Gasteiger partial charge in [-0.25, -0.2) is 0 Å². The molecule has 0 aliphatic carbocycles. The summed E-state index contributed by atoms with van der Waals surface area (Å²) in [5.41, 5.74) is 7.24. The molecule has 0 aromatic heterocycles. The lowest BCUT2D eigenvalue weighted by Gasteiger charge is -2.40. The van der Waals surface area contributed by atoms with Crippen molar-refractivity contribution in [2.24, 2.45) is 5.41 Å². The maximum Gasteiger partial charge on any atom is 0.241 e. The number of amides is 1. The van der Waals surface area contributed by atoms with Crippen LogP contribution in [-0.2, 0) is 4.79 Å². The fraction of sp³-hybridized carbons (Fsp3) is 0.562. The third-order valence-electron chi connectivity index (χ3n) is 4.13. The minimum atomic E-state index is -0.178. The first-order valence-electron chi connectivity index (χ1n) is 7.38. The molecular weight excluding hydrogens is 286 g/mol. The van der Waals surface area contributed by atoms with Gasteiger partial charge in [0.1, 0.15) is 0 Å². The average molecular weight is 310 g/mol. The second-order valence-corrected chi connectivity index (χ2v) is 7.07. The molecule has 0 spiro atoms. The third kappa shape index (κ3) is 4.11. The van der Waals surface area contributed by atoms with Gasteiger partial charge in [0.25, 0.3) is 0 Å². The van der Waals surface area contributed by atoms with Crippen molar-refractivity contribution in [2.45, 2.75) is 39.7 Å². The number of carbonyl (C=O) groups excluding carboxylic acids is 1. The van der Waals surface area contributed by atoms with E-state index in [1.165, 1.54) is 6.42 Å². The van der Waals surface area contributed by atoms with Crippen LogP contribution in [-0.4, -0.2) is 29.9 Å². The number of benzene rings is 1. The number of hydrogen-bond donors (Lipinski definition) is 2. The standard InChI is InChI=1S/C16H24ClN3O/c1-11(20-8-4-7-16(2,3)10-20)15(21)19-14-9-12(17)5-6-13(14)18/h5-6,9,11H,4,7-8,10,18H2,1-3H3,(H,19,21). The molecule has 1 atom stereocenters. The summed E-state index contributed by atoms with van der Waals surface area (Å²) in [6.45, 7) is 8.34. The van der Waals surface area contributed by atoms with Crippen molar-refractivity contribution in [1.82, 2.24) is 4.90 Å². The summed E-state index contributed by atoms with van der Waals surface area (Å²) in [5, 5.41) is 3.45. The molecule has 1 aliphatic rings. The van der Waals surface area contributed by atoms with E-state index < -0.39 is 0 Å². The van der Waals surface area contributed by atoms with E-state index in [9.17, 15) is 4.79 Å². The van der Waals surface area contributed by atoms with Gasteiger partial charge in [0.2, 0.25) is 5.91 Å². The number of carbonyl (C=O) groups is 1. The molecule has 4 nitrogen and oxygen atoms in total. The summed E-state index contributed by atoms with van der Waals surface area (Å²) in [7, 11) is 0. The van der Waals surface area contributed by atoms with Gasteiger partial charge in [-0.05, 0) is 49.9 Å². The van der Waals surface area contributed by atoms with Crippen molar-refractivity contribution in [3.8, 4) is 0 Å². The fourth-order valence-corrected chi connectivity index (χ4v) is 3.01. The van der Waals surface area contributed by atoms with Crippen molar-refractivity contribution in [2.75, 3.05) is 24.1 Å². The van der Waals surface area contributed by atoms with Crippen LogP contribution < -0.4 is 11.1 Å². The van der Waals surface area contributed by atoms with E-state index in [1.807, 2.05) is 6.92 Å². The maximum atomic E-state index is 12.4. The summed E-state index contributed by atoms with van der Waals surface area (Å²) in [5.74, 6) is -0.0401. The molecule has 1 aliphatic heterocycles. The molecule has 1 aromatic rings. The molecule has 116 valence electrons. The van der Waals surface area contributed by atoms with Crippen LogP contribution in [0.15, 0.2) is 18.2 Å². The first kappa shape index (κ1) is 16.1. The summed E-state index contributed by atoms with van der Waals surface area (Å²) < 4.78 is 0. The molecule has 3 N–H and O–H groups in total. The van der Waals surface area contributed by atoms with Crippen molar-refractivity contribution < 1.29 is 4.79 Å². The lowest BCUT2D eigenvalue weighted by Crippen LogP contribution is -2.49. The Balaban J connectivity index is 2.04. The Hall–Kier alpha value is -1.26. The number of nitrogens with zero attached hydrogens (tertiary/aromatic N) is 1. The van der Waals surface area contributed by atoms with E-state index in [1.54, 1.807) is 18.2 Å². The maximum absolute atomic E-state index is 12.4. The second kappa shape index (κ2) is 6.24. The number of nitrogen functional groups attached to an aromatic ring is 1. The highest BCUT2D eigenvalue weighted by Gasteiger charge is 2.31. The van der Waals surface area contributed by atoms with Gasteiger partial charge in [-0.1, -0.05) is 25.4 Å². The fourth-order valence-electron chi connectivity index (χ4n) is 2.84. The zero-order valence-electron chi connectivity index (χ0n) is 12.9. The van der Waals surface area contributed by atoms with Crippen LogP contribution in [0.1, 0.15) is 33.6 Å². The highest BCUT2D eigenvalue weighted by molar-refractivity contribution is 6.31. The normalized spacial score (nSPS) is 20.0. The van der Waals surface area contributed by atoms with Gasteiger partial charge in [0, 0.05) is 11.6 Å². The molecule has 21 heavy (non-hydrogen) atoms. The number of piperidine rings is 1. The largest absolute Gasteiger partial charge is 0.397 e. The topological polar surface area (TPSA) is 58.4 Å². The van der Waals surface area contributed by atoms with Crippen LogP contribution in [0.4, 0.5) is 11.4 Å². The molecule has 1 heterocycles. The number of nitrogens with one attached hydrogen (secondary N) is 1. The van der Waals surface area contributed by atoms with Crippen molar-refractivity contribution >= 4 is 28.9 Å². The summed E-state index contributed by atoms with van der Waals surface area (Å²) in [6.07, 6.45) is 2.34. The van der Waals surface area contributed by atoms with Crippen molar-refractivity contribution in [3.63, 3.8) is 0 Å². The molecule has 1 saturated heterocycles. The van der Waals surface area contributed by atoms with Crippen LogP contribution in [0, 0.1) is 5.41 Å².